The largest absolute Gasteiger partial charge is 0.480 e. The van der Waals surface area contributed by atoms with Gasteiger partial charge in [-0.15, -0.1) is 0 Å². The van der Waals surface area contributed by atoms with Crippen LogP contribution in [0.5, 0.6) is 0 Å². The van der Waals surface area contributed by atoms with Crippen molar-refractivity contribution in [1.29, 1.82) is 0 Å². The lowest BCUT2D eigenvalue weighted by molar-refractivity contribution is -0.139. The highest BCUT2D eigenvalue weighted by Gasteiger charge is 2.21. The molecule has 5 heteroatoms. The number of aliphatic carboxylic acids is 1. The van der Waals surface area contributed by atoms with Gasteiger partial charge in [0, 0.05) is 19.0 Å². The third kappa shape index (κ3) is 3.37. The van der Waals surface area contributed by atoms with Crippen molar-refractivity contribution >= 4 is 16.9 Å². The molecule has 1 aromatic carbocycles. The zero-order valence-corrected chi connectivity index (χ0v) is 11.7. The highest BCUT2D eigenvalue weighted by atomic mass is 16.5. The van der Waals surface area contributed by atoms with E-state index in [4.69, 9.17) is 14.3 Å². The Morgan fingerprint density at radius 1 is 1.45 bits per heavy atom. The van der Waals surface area contributed by atoms with Crippen LogP contribution in [0.3, 0.4) is 0 Å². The molecule has 1 heterocycles. The number of fused-ring (bicyclic) bond motifs is 1. The first kappa shape index (κ1) is 14.6. The minimum atomic E-state index is -0.857. The molecule has 0 amide bonds. The molecular weight excluding hydrogens is 258 g/mol. The van der Waals surface area contributed by atoms with Crippen LogP contribution in [0.2, 0.25) is 0 Å². The molecule has 1 unspecified atom stereocenters. The van der Waals surface area contributed by atoms with Crippen LogP contribution < -0.4 is 0 Å². The van der Waals surface area contributed by atoms with Crippen LogP contribution >= 0.6 is 0 Å². The van der Waals surface area contributed by atoms with Crippen molar-refractivity contribution in [2.75, 3.05) is 26.8 Å². The fourth-order valence-corrected chi connectivity index (χ4v) is 2.18. The monoisotopic (exact) mass is 277 g/mol. The van der Waals surface area contributed by atoms with Gasteiger partial charge in [0.2, 0.25) is 0 Å². The maximum absolute atomic E-state index is 11.0. The molecule has 0 aliphatic heterocycles. The van der Waals surface area contributed by atoms with Gasteiger partial charge in [-0.3, -0.25) is 9.69 Å². The number of carbonyl (C=O) groups is 1. The van der Waals surface area contributed by atoms with E-state index in [2.05, 4.69) is 0 Å². The molecule has 0 spiro atoms. The molecule has 108 valence electrons. The number of hydrogen-bond acceptors (Lipinski definition) is 4. The third-order valence-corrected chi connectivity index (χ3v) is 3.33. The molecule has 1 N–H and O–H groups in total. The summed E-state index contributed by atoms with van der Waals surface area (Å²) in [5, 5.41) is 10.0. The summed E-state index contributed by atoms with van der Waals surface area (Å²) < 4.78 is 10.8. The second-order valence-corrected chi connectivity index (χ2v) is 4.72. The van der Waals surface area contributed by atoms with Crippen molar-refractivity contribution in [1.82, 2.24) is 4.90 Å². The van der Waals surface area contributed by atoms with E-state index < -0.39 is 5.97 Å². The van der Waals surface area contributed by atoms with Gasteiger partial charge in [0.25, 0.3) is 0 Å². The van der Waals surface area contributed by atoms with Gasteiger partial charge in [-0.1, -0.05) is 18.2 Å². The predicted molar refractivity (Wildman–Crippen MR) is 75.7 cm³/mol. The van der Waals surface area contributed by atoms with Crippen LogP contribution in [-0.2, 0) is 9.53 Å². The number of carboxylic acid groups (broad SMARTS) is 1. The molecule has 0 saturated carbocycles. The summed E-state index contributed by atoms with van der Waals surface area (Å²) in [5.41, 5.74) is 0.816. The van der Waals surface area contributed by atoms with Crippen molar-refractivity contribution in [3.8, 4) is 0 Å². The zero-order chi connectivity index (χ0) is 14.5. The lowest BCUT2D eigenvalue weighted by Crippen LogP contribution is -2.34. The van der Waals surface area contributed by atoms with Crippen molar-refractivity contribution in [3.63, 3.8) is 0 Å². The Balaban J connectivity index is 2.20. The van der Waals surface area contributed by atoms with E-state index in [1.807, 2.05) is 42.2 Å². The summed E-state index contributed by atoms with van der Waals surface area (Å²) in [7, 11) is 1.60. The fourth-order valence-electron chi connectivity index (χ4n) is 2.18. The number of methoxy groups -OCH3 is 1. The second-order valence-electron chi connectivity index (χ2n) is 4.72. The van der Waals surface area contributed by atoms with Crippen molar-refractivity contribution < 1.29 is 19.1 Å². The molecule has 1 atom stereocenters. The van der Waals surface area contributed by atoms with E-state index in [1.54, 1.807) is 7.11 Å². The number of furan rings is 1. The van der Waals surface area contributed by atoms with Crippen molar-refractivity contribution in [2.24, 2.45) is 0 Å². The molecule has 0 saturated heterocycles. The Morgan fingerprint density at radius 2 is 2.20 bits per heavy atom. The average Bonchev–Trinajstić information content (AvgIpc) is 2.86. The first-order valence-electron chi connectivity index (χ1n) is 6.55. The quantitative estimate of drug-likeness (QED) is 0.842. The van der Waals surface area contributed by atoms with Crippen molar-refractivity contribution in [3.05, 3.63) is 36.1 Å². The van der Waals surface area contributed by atoms with Crippen LogP contribution in [0.25, 0.3) is 11.0 Å². The Morgan fingerprint density at radius 3 is 2.85 bits per heavy atom. The number of para-hydroxylation sites is 1. The van der Waals surface area contributed by atoms with E-state index in [0.717, 1.165) is 16.7 Å². The number of ether oxygens (including phenoxy) is 1. The average molecular weight is 277 g/mol. The third-order valence-electron chi connectivity index (χ3n) is 3.33. The number of hydrogen-bond donors (Lipinski definition) is 1. The van der Waals surface area contributed by atoms with Crippen LogP contribution in [0.1, 0.15) is 18.7 Å². The van der Waals surface area contributed by atoms with Crippen LogP contribution in [0.15, 0.2) is 34.7 Å². The first-order valence-corrected chi connectivity index (χ1v) is 6.55. The van der Waals surface area contributed by atoms with Gasteiger partial charge in [-0.25, -0.2) is 0 Å². The van der Waals surface area contributed by atoms with Gasteiger partial charge in [0.1, 0.15) is 11.3 Å². The Bertz CT molecular complexity index is 545. The SMILES string of the molecule is COCCN(CC(=O)O)C(C)c1cc2ccccc2o1. The molecule has 0 bridgehead atoms. The van der Waals surface area contributed by atoms with Crippen LogP contribution in [0, 0.1) is 0 Å². The van der Waals surface area contributed by atoms with E-state index in [9.17, 15) is 4.79 Å². The summed E-state index contributed by atoms with van der Waals surface area (Å²) >= 11 is 0. The van der Waals surface area contributed by atoms with Gasteiger partial charge in [0.15, 0.2) is 0 Å². The van der Waals surface area contributed by atoms with E-state index in [-0.39, 0.29) is 12.6 Å². The van der Waals surface area contributed by atoms with Crippen LogP contribution in [-0.4, -0.2) is 42.8 Å². The second kappa shape index (κ2) is 6.54. The molecule has 0 radical (unpaired) electrons. The topological polar surface area (TPSA) is 62.9 Å². The molecular formula is C15H19NO4. The van der Waals surface area contributed by atoms with Gasteiger partial charge in [-0.2, -0.15) is 0 Å². The molecule has 0 aliphatic rings. The summed E-state index contributed by atoms with van der Waals surface area (Å²) in [6, 6.07) is 9.59. The Labute approximate surface area is 117 Å². The minimum absolute atomic E-state index is 0.0401. The predicted octanol–water partition coefficient (Wildman–Crippen LogP) is 2.53. The fraction of sp³-hybridized carbons (Fsp3) is 0.400. The molecule has 1 aromatic heterocycles. The lowest BCUT2D eigenvalue weighted by Gasteiger charge is -2.25. The normalized spacial score (nSPS) is 12.9. The standard InChI is InChI=1S/C15H19NO4/c1-11(16(7-8-19-2)10-15(17)18)14-9-12-5-3-4-6-13(12)20-14/h3-6,9,11H,7-8,10H2,1-2H3,(H,17,18). The molecule has 2 rings (SSSR count). The maximum atomic E-state index is 11.0. The van der Waals surface area contributed by atoms with Gasteiger partial charge in [-0.05, 0) is 19.1 Å². The van der Waals surface area contributed by atoms with E-state index in [1.165, 1.54) is 0 Å². The smallest absolute Gasteiger partial charge is 0.317 e. The number of carboxylic acids is 1. The minimum Gasteiger partial charge on any atom is -0.480 e. The number of benzene rings is 1. The summed E-state index contributed by atoms with van der Waals surface area (Å²) in [5.74, 6) is -0.0902. The van der Waals surface area contributed by atoms with Crippen molar-refractivity contribution in [2.45, 2.75) is 13.0 Å². The summed E-state index contributed by atoms with van der Waals surface area (Å²) in [6.07, 6.45) is 0. The molecule has 20 heavy (non-hydrogen) atoms. The number of rotatable bonds is 7. The highest BCUT2D eigenvalue weighted by Crippen LogP contribution is 2.27. The Hall–Kier alpha value is -1.85. The lowest BCUT2D eigenvalue weighted by atomic mass is 10.2. The molecule has 5 nitrogen and oxygen atoms in total. The summed E-state index contributed by atoms with van der Waals surface area (Å²) in [6.45, 7) is 2.93. The zero-order valence-electron chi connectivity index (χ0n) is 11.7. The Kier molecular flexibility index (Phi) is 4.76. The molecule has 0 aliphatic carbocycles. The first-order chi connectivity index (χ1) is 9.61. The highest BCUT2D eigenvalue weighted by molar-refractivity contribution is 5.77. The molecule has 0 fully saturated rings. The van der Waals surface area contributed by atoms with E-state index >= 15 is 0 Å². The molecule has 2 aromatic rings. The number of nitrogens with zero attached hydrogens (tertiary/aromatic N) is 1. The maximum Gasteiger partial charge on any atom is 0.317 e. The van der Waals surface area contributed by atoms with Gasteiger partial charge >= 0.3 is 5.97 Å². The van der Waals surface area contributed by atoms with Crippen LogP contribution in [0.4, 0.5) is 0 Å². The van der Waals surface area contributed by atoms with E-state index in [0.29, 0.717) is 13.2 Å². The van der Waals surface area contributed by atoms with Gasteiger partial charge in [0.05, 0.1) is 19.2 Å². The van der Waals surface area contributed by atoms with Gasteiger partial charge < -0.3 is 14.3 Å². The summed E-state index contributed by atoms with van der Waals surface area (Å²) in [4.78, 5) is 12.8.